The Hall–Kier alpha value is -3.53. The van der Waals surface area contributed by atoms with E-state index in [-0.39, 0.29) is 17.0 Å². The van der Waals surface area contributed by atoms with Gasteiger partial charge in [-0.3, -0.25) is 14.6 Å². The first-order valence-electron chi connectivity index (χ1n) is 13.0. The van der Waals surface area contributed by atoms with Gasteiger partial charge in [-0.25, -0.2) is 15.0 Å². The van der Waals surface area contributed by atoms with Gasteiger partial charge in [-0.05, 0) is 73.3 Å². The van der Waals surface area contributed by atoms with Crippen LogP contribution in [0.15, 0.2) is 73.2 Å². The zero-order valence-corrected chi connectivity index (χ0v) is 23.6. The van der Waals surface area contributed by atoms with Crippen LogP contribution in [0, 0.1) is 0 Å². The number of hydrogen-bond acceptors (Lipinski definition) is 5. The van der Waals surface area contributed by atoms with Crippen molar-refractivity contribution < 1.29 is 18.0 Å². The average Bonchev–Trinajstić information content (AvgIpc) is 2.94. The third-order valence-corrected chi connectivity index (χ3v) is 7.55. The number of piperidine rings is 1. The van der Waals surface area contributed by atoms with E-state index >= 15 is 0 Å². The molecule has 2 aromatic carbocycles. The Kier molecular flexibility index (Phi) is 8.58. The molecule has 1 aliphatic heterocycles. The Labute approximate surface area is 245 Å². The molecule has 3 heterocycles. The van der Waals surface area contributed by atoms with Crippen LogP contribution in [0.3, 0.4) is 0 Å². The van der Waals surface area contributed by atoms with E-state index in [1.54, 1.807) is 18.5 Å². The Balaban J connectivity index is 1.34. The average molecular weight is 600 g/mol. The number of pyridine rings is 1. The van der Waals surface area contributed by atoms with Gasteiger partial charge in [-0.2, -0.15) is 13.2 Å². The SMILES string of the molecule is CC(=O)N(c1ccnc(Cl)c1)c1ccc(C(F)(F)F)cc1C1CCN(Cc2ccc(-c3ncc(Cl)cn3)cc2)CC1. The van der Waals surface area contributed by atoms with E-state index in [9.17, 15) is 18.0 Å². The van der Waals surface area contributed by atoms with E-state index in [0.29, 0.717) is 60.3 Å². The molecule has 2 aromatic heterocycles. The number of carbonyl (C=O) groups excluding carboxylic acids is 1. The minimum atomic E-state index is -4.50. The molecule has 0 saturated carbocycles. The molecule has 5 rings (SSSR count). The molecule has 6 nitrogen and oxygen atoms in total. The molecule has 0 N–H and O–H groups in total. The molecule has 41 heavy (non-hydrogen) atoms. The van der Waals surface area contributed by atoms with Gasteiger partial charge >= 0.3 is 6.18 Å². The van der Waals surface area contributed by atoms with E-state index in [1.807, 2.05) is 24.3 Å². The van der Waals surface area contributed by atoms with Gasteiger partial charge in [0.1, 0.15) is 5.15 Å². The van der Waals surface area contributed by atoms with Gasteiger partial charge in [0.25, 0.3) is 0 Å². The number of benzene rings is 2. The summed E-state index contributed by atoms with van der Waals surface area (Å²) in [6.07, 6.45) is 1.37. The second-order valence-electron chi connectivity index (χ2n) is 9.93. The first kappa shape index (κ1) is 29.0. The lowest BCUT2D eigenvalue weighted by Gasteiger charge is -2.35. The molecule has 0 aliphatic carbocycles. The molecule has 1 amide bonds. The number of nitrogens with zero attached hydrogens (tertiary/aromatic N) is 5. The Morgan fingerprint density at radius 3 is 2.27 bits per heavy atom. The van der Waals surface area contributed by atoms with Crippen LogP contribution >= 0.6 is 23.2 Å². The number of amides is 1. The fraction of sp³-hybridized carbons (Fsp3) is 0.267. The van der Waals surface area contributed by atoms with Crippen LogP contribution in [-0.2, 0) is 17.5 Å². The van der Waals surface area contributed by atoms with E-state index in [4.69, 9.17) is 23.2 Å². The van der Waals surface area contributed by atoms with Crippen LogP contribution < -0.4 is 4.90 Å². The number of rotatable bonds is 6. The number of anilines is 2. The standard InChI is InChI=1S/C30H26Cl2F3N5O/c1-19(41)40(25-8-11-36-28(32)15-25)27-7-6-23(30(33,34)35)14-26(27)21-9-12-39(13-10-21)18-20-2-4-22(5-3-20)29-37-16-24(31)17-38-29/h2-8,11,14-17,21H,9-10,12-13,18H2,1H3. The van der Waals surface area contributed by atoms with Crippen molar-refractivity contribution in [2.45, 2.75) is 38.4 Å². The Morgan fingerprint density at radius 2 is 1.66 bits per heavy atom. The van der Waals surface area contributed by atoms with Gasteiger partial charge in [0, 0.05) is 37.6 Å². The molecule has 212 valence electrons. The van der Waals surface area contributed by atoms with Crippen LogP contribution in [-0.4, -0.2) is 38.8 Å². The molecule has 0 radical (unpaired) electrons. The number of likely N-dealkylation sites (tertiary alicyclic amines) is 1. The summed E-state index contributed by atoms with van der Waals surface area (Å²) in [6, 6.07) is 14.7. The largest absolute Gasteiger partial charge is 0.416 e. The molecule has 0 bridgehead atoms. The number of carbonyl (C=O) groups is 1. The molecule has 1 saturated heterocycles. The molecule has 1 fully saturated rings. The Morgan fingerprint density at radius 1 is 0.976 bits per heavy atom. The second-order valence-corrected chi connectivity index (χ2v) is 10.8. The van der Waals surface area contributed by atoms with Crippen LogP contribution in [0.1, 0.15) is 42.4 Å². The summed E-state index contributed by atoms with van der Waals surface area (Å²) in [5.41, 5.74) is 2.62. The highest BCUT2D eigenvalue weighted by Gasteiger charge is 2.34. The molecule has 11 heteroatoms. The van der Waals surface area contributed by atoms with Crippen LogP contribution in [0.5, 0.6) is 0 Å². The van der Waals surface area contributed by atoms with Gasteiger partial charge in [-0.15, -0.1) is 0 Å². The van der Waals surface area contributed by atoms with Crippen molar-refractivity contribution in [2.75, 3.05) is 18.0 Å². The van der Waals surface area contributed by atoms with E-state index in [1.165, 1.54) is 36.2 Å². The monoisotopic (exact) mass is 599 g/mol. The van der Waals surface area contributed by atoms with Gasteiger partial charge in [0.15, 0.2) is 5.82 Å². The quantitative estimate of drug-likeness (QED) is 0.211. The molecule has 0 atom stereocenters. The summed E-state index contributed by atoms with van der Waals surface area (Å²) in [5.74, 6) is 0.0950. The molecule has 0 spiro atoms. The van der Waals surface area contributed by atoms with Gasteiger partial charge < -0.3 is 0 Å². The van der Waals surface area contributed by atoms with Gasteiger partial charge in [-0.1, -0.05) is 47.5 Å². The molecule has 4 aromatic rings. The second kappa shape index (κ2) is 12.1. The van der Waals surface area contributed by atoms with Crippen molar-refractivity contribution in [3.05, 3.63) is 100 Å². The maximum absolute atomic E-state index is 13.7. The molecule has 0 unspecified atom stereocenters. The van der Waals surface area contributed by atoms with Crippen molar-refractivity contribution in [2.24, 2.45) is 0 Å². The van der Waals surface area contributed by atoms with Crippen molar-refractivity contribution in [1.29, 1.82) is 0 Å². The number of alkyl halides is 3. The maximum Gasteiger partial charge on any atom is 0.416 e. The Bertz CT molecular complexity index is 1520. The van der Waals surface area contributed by atoms with Crippen molar-refractivity contribution in [1.82, 2.24) is 19.9 Å². The lowest BCUT2D eigenvalue weighted by molar-refractivity contribution is -0.137. The summed E-state index contributed by atoms with van der Waals surface area (Å²) < 4.78 is 41.2. The van der Waals surface area contributed by atoms with Crippen LogP contribution in [0.2, 0.25) is 10.2 Å². The normalized spacial score (nSPS) is 14.7. The summed E-state index contributed by atoms with van der Waals surface area (Å²) in [6.45, 7) is 3.48. The summed E-state index contributed by atoms with van der Waals surface area (Å²) in [5, 5.41) is 0.658. The topological polar surface area (TPSA) is 62.2 Å². The predicted octanol–water partition coefficient (Wildman–Crippen LogP) is 7.93. The number of hydrogen-bond donors (Lipinski definition) is 0. The third-order valence-electron chi connectivity index (χ3n) is 7.15. The number of aromatic nitrogens is 3. The summed E-state index contributed by atoms with van der Waals surface area (Å²) in [4.78, 5) is 28.9. The lowest BCUT2D eigenvalue weighted by Crippen LogP contribution is -2.33. The first-order valence-corrected chi connectivity index (χ1v) is 13.8. The van der Waals surface area contributed by atoms with Crippen molar-refractivity contribution >= 4 is 40.5 Å². The van der Waals surface area contributed by atoms with Gasteiger partial charge in [0.05, 0.1) is 22.0 Å². The molecular weight excluding hydrogens is 574 g/mol. The van der Waals surface area contributed by atoms with Crippen molar-refractivity contribution in [3.63, 3.8) is 0 Å². The summed E-state index contributed by atoms with van der Waals surface area (Å²) in [7, 11) is 0. The molecule has 1 aliphatic rings. The summed E-state index contributed by atoms with van der Waals surface area (Å²) >= 11 is 11.9. The van der Waals surface area contributed by atoms with Gasteiger partial charge in [0.2, 0.25) is 5.91 Å². The highest BCUT2D eigenvalue weighted by atomic mass is 35.5. The lowest BCUT2D eigenvalue weighted by atomic mass is 9.86. The predicted molar refractivity (Wildman–Crippen MR) is 153 cm³/mol. The van der Waals surface area contributed by atoms with Crippen LogP contribution in [0.25, 0.3) is 11.4 Å². The van der Waals surface area contributed by atoms with E-state index < -0.39 is 11.7 Å². The first-order chi connectivity index (χ1) is 19.6. The zero-order chi connectivity index (χ0) is 29.1. The smallest absolute Gasteiger partial charge is 0.299 e. The zero-order valence-electron chi connectivity index (χ0n) is 22.1. The van der Waals surface area contributed by atoms with Crippen molar-refractivity contribution in [3.8, 4) is 11.4 Å². The highest BCUT2D eigenvalue weighted by Crippen LogP contribution is 2.41. The van der Waals surface area contributed by atoms with Crippen LogP contribution in [0.4, 0.5) is 24.5 Å². The minimum Gasteiger partial charge on any atom is -0.299 e. The fourth-order valence-electron chi connectivity index (χ4n) is 5.16. The fourth-order valence-corrected chi connectivity index (χ4v) is 5.43. The molecular formula is C30H26Cl2F3N5O. The minimum absolute atomic E-state index is 0.160. The van der Waals surface area contributed by atoms with E-state index in [2.05, 4.69) is 19.9 Å². The van der Waals surface area contributed by atoms with E-state index in [0.717, 1.165) is 17.2 Å². The third kappa shape index (κ3) is 6.86. The maximum atomic E-state index is 13.7. The highest BCUT2D eigenvalue weighted by molar-refractivity contribution is 6.30. The number of halogens is 5.